The summed E-state index contributed by atoms with van der Waals surface area (Å²) in [5.74, 6) is 0. The normalized spacial score (nSPS) is 14.4. The van der Waals surface area contributed by atoms with E-state index < -0.39 is 28.3 Å². The molecule has 0 aromatic carbocycles. The fourth-order valence-corrected chi connectivity index (χ4v) is 1.27. The van der Waals surface area contributed by atoms with E-state index in [1.165, 1.54) is 4.90 Å². The van der Waals surface area contributed by atoms with Crippen molar-refractivity contribution in [3.8, 4) is 0 Å². The van der Waals surface area contributed by atoms with Gasteiger partial charge in [-0.05, 0) is 20.3 Å². The highest BCUT2D eigenvalue weighted by atomic mass is 32.2. The Balaban J connectivity index is 0. The zero-order chi connectivity index (χ0) is 18.9. The Bertz CT molecular complexity index is 410. The number of halogens is 6. The lowest BCUT2D eigenvalue weighted by Gasteiger charge is -2.28. The van der Waals surface area contributed by atoms with Crippen molar-refractivity contribution in [2.24, 2.45) is 0 Å². The van der Waals surface area contributed by atoms with Crippen LogP contribution in [0.15, 0.2) is 0 Å². The summed E-state index contributed by atoms with van der Waals surface area (Å²) in [5.41, 5.74) is -5.65. The lowest BCUT2D eigenvalue weighted by atomic mass is 10.2. The van der Waals surface area contributed by atoms with Crippen molar-refractivity contribution < 1.29 is 44.0 Å². The molecule has 0 bridgehead atoms. The lowest BCUT2D eigenvalue weighted by Crippen LogP contribution is -2.42. The molecule has 0 radical (unpaired) electrons. The average molecular weight is 376 g/mol. The molecule has 0 spiro atoms. The van der Waals surface area contributed by atoms with Gasteiger partial charge in [0.05, 0.1) is 13.2 Å². The summed E-state index contributed by atoms with van der Waals surface area (Å²) in [7, 11) is -6.09. The Kier molecular flexibility index (Phi) is 11.1. The zero-order valence-electron chi connectivity index (χ0n) is 12.9. The van der Waals surface area contributed by atoms with E-state index in [-0.39, 0.29) is 6.04 Å². The van der Waals surface area contributed by atoms with Crippen LogP contribution >= 0.6 is 0 Å². The van der Waals surface area contributed by atoms with Crippen molar-refractivity contribution in [3.63, 3.8) is 0 Å². The van der Waals surface area contributed by atoms with Gasteiger partial charge in [0.1, 0.15) is 0 Å². The molecular formula is C11H20F6NO4S-. The summed E-state index contributed by atoms with van der Waals surface area (Å²) >= 11 is 0. The molecule has 23 heavy (non-hydrogen) atoms. The first-order valence-electron chi connectivity index (χ1n) is 6.56. The molecule has 1 atom stereocenters. The number of nitrogens with zero attached hydrogens (tertiary/aromatic N) is 1. The minimum Gasteiger partial charge on any atom is -0.741 e. The zero-order valence-corrected chi connectivity index (χ0v) is 13.7. The first-order chi connectivity index (χ1) is 10.2. The van der Waals surface area contributed by atoms with Crippen molar-refractivity contribution >= 4 is 10.1 Å². The van der Waals surface area contributed by atoms with Crippen LogP contribution in [0.3, 0.4) is 0 Å². The van der Waals surface area contributed by atoms with Crippen LogP contribution in [0.2, 0.25) is 0 Å². The summed E-state index contributed by atoms with van der Waals surface area (Å²) in [4.78, 5) is 1.41. The summed E-state index contributed by atoms with van der Waals surface area (Å²) in [6.45, 7) is 5.90. The van der Waals surface area contributed by atoms with E-state index in [9.17, 15) is 26.3 Å². The maximum Gasteiger partial charge on any atom is 0.485 e. The first kappa shape index (κ1) is 24.7. The van der Waals surface area contributed by atoms with E-state index in [1.807, 2.05) is 13.8 Å². The van der Waals surface area contributed by atoms with Gasteiger partial charge in [0.2, 0.25) is 0 Å². The lowest BCUT2D eigenvalue weighted by molar-refractivity contribution is -0.151. The van der Waals surface area contributed by atoms with Gasteiger partial charge >= 0.3 is 11.7 Å². The Morgan fingerprint density at radius 3 is 1.83 bits per heavy atom. The molecule has 142 valence electrons. The van der Waals surface area contributed by atoms with Gasteiger partial charge in [-0.25, -0.2) is 8.42 Å². The van der Waals surface area contributed by atoms with E-state index in [0.29, 0.717) is 26.2 Å². The van der Waals surface area contributed by atoms with E-state index in [0.717, 1.165) is 0 Å². The molecule has 0 aliphatic heterocycles. The molecule has 5 nitrogen and oxygen atoms in total. The SMILES string of the molecule is CCOCCN(CC(F)(F)F)C(C)CC.O=S(=O)([O-])C(F)(F)F. The highest BCUT2D eigenvalue weighted by Crippen LogP contribution is 2.20. The van der Waals surface area contributed by atoms with Gasteiger partial charge in [0.15, 0.2) is 10.1 Å². The molecule has 0 aromatic heterocycles. The molecular weight excluding hydrogens is 356 g/mol. The van der Waals surface area contributed by atoms with Gasteiger partial charge in [0, 0.05) is 19.2 Å². The van der Waals surface area contributed by atoms with Crippen LogP contribution in [0.25, 0.3) is 0 Å². The fraction of sp³-hybridized carbons (Fsp3) is 1.00. The third kappa shape index (κ3) is 13.5. The number of hydrogen-bond donors (Lipinski definition) is 0. The summed E-state index contributed by atoms with van der Waals surface area (Å²) in [6.07, 6.45) is -3.42. The van der Waals surface area contributed by atoms with E-state index in [4.69, 9.17) is 17.7 Å². The highest BCUT2D eigenvalue weighted by molar-refractivity contribution is 7.86. The second-order valence-electron chi connectivity index (χ2n) is 4.44. The second-order valence-corrected chi connectivity index (χ2v) is 5.81. The molecule has 0 saturated carbocycles. The van der Waals surface area contributed by atoms with Gasteiger partial charge < -0.3 is 9.29 Å². The minimum atomic E-state index is -6.09. The summed E-state index contributed by atoms with van der Waals surface area (Å²) < 4.78 is 101. The molecule has 0 aromatic rings. The van der Waals surface area contributed by atoms with Gasteiger partial charge in [-0.1, -0.05) is 6.92 Å². The topological polar surface area (TPSA) is 69.7 Å². The number of hydrogen-bond acceptors (Lipinski definition) is 5. The minimum absolute atomic E-state index is 0.0629. The largest absolute Gasteiger partial charge is 0.741 e. The molecule has 12 heteroatoms. The number of ether oxygens (including phenoxy) is 1. The van der Waals surface area contributed by atoms with Crippen LogP contribution < -0.4 is 0 Å². The number of rotatable bonds is 7. The molecule has 0 aliphatic carbocycles. The van der Waals surface area contributed by atoms with E-state index >= 15 is 0 Å². The molecule has 0 N–H and O–H groups in total. The van der Waals surface area contributed by atoms with Crippen LogP contribution in [-0.2, 0) is 14.9 Å². The monoisotopic (exact) mass is 376 g/mol. The predicted octanol–water partition coefficient (Wildman–Crippen LogP) is 2.74. The molecule has 1 unspecified atom stereocenters. The smallest absolute Gasteiger partial charge is 0.485 e. The highest BCUT2D eigenvalue weighted by Gasteiger charge is 2.37. The van der Waals surface area contributed by atoms with Crippen molar-refractivity contribution in [2.45, 2.75) is 44.9 Å². The maximum absolute atomic E-state index is 12.2. The Hall–Kier alpha value is -0.590. The fourth-order valence-electron chi connectivity index (χ4n) is 1.27. The van der Waals surface area contributed by atoms with Gasteiger partial charge in [-0.2, -0.15) is 26.3 Å². The molecule has 0 amide bonds. The molecule has 0 aliphatic rings. The van der Waals surface area contributed by atoms with Crippen LogP contribution in [0, 0.1) is 0 Å². The van der Waals surface area contributed by atoms with Crippen molar-refractivity contribution in [2.75, 3.05) is 26.3 Å². The van der Waals surface area contributed by atoms with Crippen LogP contribution in [0.5, 0.6) is 0 Å². The average Bonchev–Trinajstić information content (AvgIpc) is 2.33. The molecule has 0 rings (SSSR count). The van der Waals surface area contributed by atoms with Gasteiger partial charge in [-0.3, -0.25) is 4.90 Å². The van der Waals surface area contributed by atoms with Crippen LogP contribution in [-0.4, -0.2) is 61.9 Å². The van der Waals surface area contributed by atoms with Crippen molar-refractivity contribution in [3.05, 3.63) is 0 Å². The third-order valence-electron chi connectivity index (χ3n) is 2.61. The Morgan fingerprint density at radius 2 is 1.57 bits per heavy atom. The Labute approximate surface area is 131 Å². The molecule has 0 heterocycles. The van der Waals surface area contributed by atoms with Crippen molar-refractivity contribution in [1.29, 1.82) is 0 Å². The quantitative estimate of drug-likeness (QED) is 0.296. The number of alkyl halides is 6. The third-order valence-corrected chi connectivity index (χ3v) is 3.17. The molecule has 0 saturated heterocycles. The van der Waals surface area contributed by atoms with E-state index in [1.54, 1.807) is 6.92 Å². The summed E-state index contributed by atoms with van der Waals surface area (Å²) in [5, 5.41) is 0. The van der Waals surface area contributed by atoms with Crippen LogP contribution in [0.4, 0.5) is 26.3 Å². The van der Waals surface area contributed by atoms with Gasteiger partial charge in [0.25, 0.3) is 0 Å². The first-order valence-corrected chi connectivity index (χ1v) is 7.97. The summed E-state index contributed by atoms with van der Waals surface area (Å²) in [6, 6.07) is -0.0629. The Morgan fingerprint density at radius 1 is 1.13 bits per heavy atom. The standard InChI is InChI=1S/C10H20F3NO.CHF3O3S/c1-4-9(3)14(6-7-15-5-2)8-10(11,12)13;2-1(3,4)8(5,6)7/h9H,4-8H2,1-3H3;(H,5,6,7)/p-1. The van der Waals surface area contributed by atoms with Crippen molar-refractivity contribution in [1.82, 2.24) is 4.90 Å². The molecule has 0 fully saturated rings. The maximum atomic E-state index is 12.2. The van der Waals surface area contributed by atoms with E-state index in [2.05, 4.69) is 0 Å². The van der Waals surface area contributed by atoms with Crippen LogP contribution in [0.1, 0.15) is 27.2 Å². The van der Waals surface area contributed by atoms with Gasteiger partial charge in [-0.15, -0.1) is 0 Å². The predicted molar refractivity (Wildman–Crippen MR) is 69.6 cm³/mol. The second kappa shape index (κ2) is 10.3.